The van der Waals surface area contributed by atoms with E-state index in [9.17, 15) is 9.59 Å². The molecule has 1 aromatic carbocycles. The molecule has 23 heavy (non-hydrogen) atoms. The Bertz CT molecular complexity index is 692. The van der Waals surface area contributed by atoms with Gasteiger partial charge in [0.2, 0.25) is 5.91 Å². The number of halogens is 1. The van der Waals surface area contributed by atoms with Gasteiger partial charge < -0.3 is 15.0 Å². The Morgan fingerprint density at radius 2 is 2.26 bits per heavy atom. The minimum Gasteiger partial charge on any atom is -0.385 e. The van der Waals surface area contributed by atoms with Crippen molar-refractivity contribution in [1.29, 1.82) is 0 Å². The first kappa shape index (κ1) is 17.6. The predicted molar refractivity (Wildman–Crippen MR) is 89.9 cm³/mol. The molecule has 1 aromatic heterocycles. The zero-order valence-corrected chi connectivity index (χ0v) is 14.1. The zero-order valence-electron chi connectivity index (χ0n) is 12.5. The molecule has 0 atom stereocenters. The lowest BCUT2D eigenvalue weighted by Gasteiger charge is -2.05. The van der Waals surface area contributed by atoms with Crippen LogP contribution in [0.2, 0.25) is 5.02 Å². The number of aromatic nitrogens is 2. The molecule has 0 bridgehead atoms. The lowest BCUT2D eigenvalue weighted by Crippen LogP contribution is -2.40. The highest BCUT2D eigenvalue weighted by molar-refractivity contribution is 7.99. The van der Waals surface area contributed by atoms with Crippen LogP contribution >= 0.6 is 23.4 Å². The van der Waals surface area contributed by atoms with E-state index >= 15 is 0 Å². The third-order valence-corrected chi connectivity index (χ3v) is 3.93. The predicted octanol–water partition coefficient (Wildman–Crippen LogP) is 2.17. The van der Waals surface area contributed by atoms with E-state index in [-0.39, 0.29) is 5.75 Å². The van der Waals surface area contributed by atoms with Gasteiger partial charge in [0.25, 0.3) is 0 Å². The minimum absolute atomic E-state index is 0.0824. The molecule has 0 spiro atoms. The van der Waals surface area contributed by atoms with E-state index < -0.39 is 11.9 Å². The Labute approximate surface area is 142 Å². The number of hydrogen-bond donors (Lipinski definition) is 3. The number of nitrogens with one attached hydrogen (secondary N) is 3. The van der Waals surface area contributed by atoms with Crippen LogP contribution in [0.3, 0.4) is 0 Å². The maximum atomic E-state index is 11.7. The third kappa shape index (κ3) is 5.74. The first-order valence-corrected chi connectivity index (χ1v) is 8.29. The fourth-order valence-corrected chi connectivity index (χ4v) is 2.64. The molecule has 1 heterocycles. The summed E-state index contributed by atoms with van der Waals surface area (Å²) in [5, 5.41) is 6.04. The quantitative estimate of drug-likeness (QED) is 0.522. The summed E-state index contributed by atoms with van der Waals surface area (Å²) in [7, 11) is 1.59. The molecular weight excluding hydrogens is 340 g/mol. The number of H-pyrrole nitrogens is 1. The van der Waals surface area contributed by atoms with Gasteiger partial charge in [-0.3, -0.25) is 10.1 Å². The molecule has 124 valence electrons. The smallest absolute Gasteiger partial charge is 0.321 e. The van der Waals surface area contributed by atoms with Crippen LogP contribution in [0.5, 0.6) is 0 Å². The summed E-state index contributed by atoms with van der Waals surface area (Å²) in [6, 6.07) is 4.80. The van der Waals surface area contributed by atoms with E-state index in [4.69, 9.17) is 16.3 Å². The number of carbonyl (C=O) groups excluding carboxylic acids is 2. The van der Waals surface area contributed by atoms with E-state index in [0.717, 1.165) is 11.0 Å². The maximum absolute atomic E-state index is 11.7. The molecule has 0 aliphatic rings. The summed E-state index contributed by atoms with van der Waals surface area (Å²) < 4.78 is 4.86. The highest BCUT2D eigenvalue weighted by Gasteiger charge is 2.10. The van der Waals surface area contributed by atoms with Crippen LogP contribution in [0.1, 0.15) is 6.42 Å². The van der Waals surface area contributed by atoms with E-state index in [1.807, 2.05) is 0 Å². The summed E-state index contributed by atoms with van der Waals surface area (Å²) in [4.78, 5) is 30.6. The molecule has 9 heteroatoms. The van der Waals surface area contributed by atoms with Crippen molar-refractivity contribution in [3.63, 3.8) is 0 Å². The number of imide groups is 1. The number of aromatic amines is 1. The van der Waals surface area contributed by atoms with E-state index in [1.165, 1.54) is 11.8 Å². The average Bonchev–Trinajstić information content (AvgIpc) is 2.91. The first-order chi connectivity index (χ1) is 11.1. The monoisotopic (exact) mass is 356 g/mol. The molecule has 0 aliphatic carbocycles. The molecule has 3 N–H and O–H groups in total. The van der Waals surface area contributed by atoms with Crippen LogP contribution in [0, 0.1) is 0 Å². The van der Waals surface area contributed by atoms with Gasteiger partial charge in [-0.25, -0.2) is 9.78 Å². The van der Waals surface area contributed by atoms with Crippen LogP contribution in [-0.2, 0) is 9.53 Å². The number of ether oxygens (including phenoxy) is 1. The van der Waals surface area contributed by atoms with Crippen LogP contribution in [0.4, 0.5) is 4.79 Å². The SMILES string of the molecule is COCCCNC(=O)NC(=O)CSc1nc2ccc(Cl)cc2[nH]1. The number of imidazole rings is 1. The average molecular weight is 357 g/mol. The standard InChI is InChI=1S/C14H17ClN4O3S/c1-22-6-2-5-16-13(21)19-12(20)8-23-14-17-10-4-3-9(15)7-11(10)18-14/h3-4,7H,2,5-6,8H2,1H3,(H,17,18)(H2,16,19,20,21). The molecule has 0 unspecified atom stereocenters. The van der Waals surface area contributed by atoms with Gasteiger partial charge in [-0.1, -0.05) is 23.4 Å². The van der Waals surface area contributed by atoms with Crippen molar-refractivity contribution < 1.29 is 14.3 Å². The van der Waals surface area contributed by atoms with Crippen LogP contribution in [0.25, 0.3) is 11.0 Å². The Morgan fingerprint density at radius 1 is 1.43 bits per heavy atom. The van der Waals surface area contributed by atoms with E-state index in [2.05, 4.69) is 20.6 Å². The van der Waals surface area contributed by atoms with Crippen LogP contribution in [0.15, 0.2) is 23.4 Å². The van der Waals surface area contributed by atoms with Gasteiger partial charge in [0.1, 0.15) is 0 Å². The maximum Gasteiger partial charge on any atom is 0.321 e. The molecule has 2 rings (SSSR count). The van der Waals surface area contributed by atoms with Crippen molar-refractivity contribution >= 4 is 46.3 Å². The summed E-state index contributed by atoms with van der Waals surface area (Å²) in [5.41, 5.74) is 1.57. The number of nitrogens with zero attached hydrogens (tertiary/aromatic N) is 1. The molecule has 0 saturated heterocycles. The van der Waals surface area contributed by atoms with Gasteiger partial charge in [-0.15, -0.1) is 0 Å². The van der Waals surface area contributed by atoms with Crippen molar-refractivity contribution in [3.05, 3.63) is 23.2 Å². The second kappa shape index (κ2) is 8.76. The van der Waals surface area contributed by atoms with Gasteiger partial charge in [0.15, 0.2) is 5.16 Å². The number of methoxy groups -OCH3 is 1. The number of hydrogen-bond acceptors (Lipinski definition) is 5. The molecule has 7 nitrogen and oxygen atoms in total. The molecule has 0 fully saturated rings. The largest absolute Gasteiger partial charge is 0.385 e. The van der Waals surface area contributed by atoms with Gasteiger partial charge >= 0.3 is 6.03 Å². The van der Waals surface area contributed by atoms with Crippen molar-refractivity contribution in [3.8, 4) is 0 Å². The van der Waals surface area contributed by atoms with Crippen molar-refractivity contribution in [2.45, 2.75) is 11.6 Å². The third-order valence-electron chi connectivity index (χ3n) is 2.83. The van der Waals surface area contributed by atoms with Crippen molar-refractivity contribution in [2.75, 3.05) is 26.0 Å². The van der Waals surface area contributed by atoms with Gasteiger partial charge in [-0.2, -0.15) is 0 Å². The summed E-state index contributed by atoms with van der Waals surface area (Å²) in [6.07, 6.45) is 0.689. The molecule has 0 radical (unpaired) electrons. The molecule has 0 saturated carbocycles. The summed E-state index contributed by atoms with van der Waals surface area (Å²) in [5.74, 6) is -0.309. The van der Waals surface area contributed by atoms with Gasteiger partial charge in [-0.05, 0) is 24.6 Å². The fourth-order valence-electron chi connectivity index (χ4n) is 1.79. The number of carbonyl (C=O) groups is 2. The Balaban J connectivity index is 1.75. The topological polar surface area (TPSA) is 96.1 Å². The minimum atomic E-state index is -0.511. The van der Waals surface area contributed by atoms with Gasteiger partial charge in [0, 0.05) is 25.3 Å². The van der Waals surface area contributed by atoms with Gasteiger partial charge in [0.05, 0.1) is 16.8 Å². The molecule has 2 aromatic rings. The summed E-state index contributed by atoms with van der Waals surface area (Å²) >= 11 is 7.12. The summed E-state index contributed by atoms with van der Waals surface area (Å²) in [6.45, 7) is 1.00. The fraction of sp³-hybridized carbons (Fsp3) is 0.357. The lowest BCUT2D eigenvalue weighted by atomic mass is 10.3. The second-order valence-corrected chi connectivity index (χ2v) is 6.04. The van der Waals surface area contributed by atoms with Crippen LogP contribution in [-0.4, -0.2) is 47.9 Å². The number of fused-ring (bicyclic) bond motifs is 1. The first-order valence-electron chi connectivity index (χ1n) is 6.93. The number of benzene rings is 1. The van der Waals surface area contributed by atoms with Crippen molar-refractivity contribution in [2.24, 2.45) is 0 Å². The Hall–Kier alpha value is -1.77. The molecule has 3 amide bonds. The van der Waals surface area contributed by atoms with Crippen LogP contribution < -0.4 is 10.6 Å². The highest BCUT2D eigenvalue weighted by atomic mass is 35.5. The van der Waals surface area contributed by atoms with E-state index in [1.54, 1.807) is 25.3 Å². The van der Waals surface area contributed by atoms with E-state index in [0.29, 0.717) is 29.8 Å². The number of urea groups is 1. The lowest BCUT2D eigenvalue weighted by molar-refractivity contribution is -0.117. The number of thioether (sulfide) groups is 1. The normalized spacial score (nSPS) is 10.7. The second-order valence-electron chi connectivity index (χ2n) is 4.64. The molecule has 0 aliphatic heterocycles. The number of rotatable bonds is 7. The molecular formula is C14H17ClN4O3S. The zero-order chi connectivity index (χ0) is 16.7. The number of amides is 3. The Kier molecular flexibility index (Phi) is 6.69. The Morgan fingerprint density at radius 3 is 3.04 bits per heavy atom. The van der Waals surface area contributed by atoms with Crippen molar-refractivity contribution in [1.82, 2.24) is 20.6 Å². The highest BCUT2D eigenvalue weighted by Crippen LogP contribution is 2.21.